The maximum Gasteiger partial charge on any atom is 0.240 e. The van der Waals surface area contributed by atoms with Crippen LogP contribution in [0.1, 0.15) is 17.8 Å². The number of aromatic nitrogens is 2. The topological polar surface area (TPSA) is 66.7 Å². The van der Waals surface area contributed by atoms with E-state index in [4.69, 9.17) is 9.26 Å². The Kier molecular flexibility index (Phi) is 5.26. The van der Waals surface area contributed by atoms with E-state index in [9.17, 15) is 0 Å². The first-order valence-electron chi connectivity index (χ1n) is 6.61. The zero-order valence-corrected chi connectivity index (χ0v) is 11.9. The van der Waals surface area contributed by atoms with E-state index in [1.807, 2.05) is 0 Å². The Morgan fingerprint density at radius 2 is 2.26 bits per heavy atom. The number of hydrogen-bond acceptors (Lipinski definition) is 7. The highest BCUT2D eigenvalue weighted by atomic mass is 16.5. The lowest BCUT2D eigenvalue weighted by Crippen LogP contribution is -2.45. The SMILES string of the molecule is COCCNCc1nc(C2CN(C)CCN2C)no1. The van der Waals surface area contributed by atoms with Crippen molar-refractivity contribution in [3.63, 3.8) is 0 Å². The monoisotopic (exact) mass is 269 g/mol. The predicted octanol–water partition coefficient (Wildman–Crippen LogP) is -0.276. The molecule has 0 aromatic carbocycles. The molecule has 1 unspecified atom stereocenters. The Bertz CT molecular complexity index is 384. The smallest absolute Gasteiger partial charge is 0.240 e. The summed E-state index contributed by atoms with van der Waals surface area (Å²) in [6.45, 7) is 5.08. The molecule has 0 bridgehead atoms. The van der Waals surface area contributed by atoms with Crippen molar-refractivity contribution in [3.05, 3.63) is 11.7 Å². The van der Waals surface area contributed by atoms with E-state index in [1.54, 1.807) is 7.11 Å². The van der Waals surface area contributed by atoms with E-state index < -0.39 is 0 Å². The first kappa shape index (κ1) is 14.4. The molecule has 1 saturated heterocycles. The second-order valence-corrected chi connectivity index (χ2v) is 4.97. The molecule has 1 aromatic heterocycles. The van der Waals surface area contributed by atoms with Crippen LogP contribution in [0.2, 0.25) is 0 Å². The van der Waals surface area contributed by atoms with Crippen molar-refractivity contribution in [2.45, 2.75) is 12.6 Å². The Balaban J connectivity index is 1.88. The van der Waals surface area contributed by atoms with Crippen LogP contribution in [-0.4, -0.2) is 73.9 Å². The number of ether oxygens (including phenoxy) is 1. The van der Waals surface area contributed by atoms with Crippen LogP contribution in [0.3, 0.4) is 0 Å². The molecule has 0 amide bonds. The lowest BCUT2D eigenvalue weighted by atomic mass is 10.2. The third-order valence-corrected chi connectivity index (χ3v) is 3.39. The summed E-state index contributed by atoms with van der Waals surface area (Å²) in [6.07, 6.45) is 0. The standard InChI is InChI=1S/C12H23N5O2/c1-16-5-6-17(2)10(9-16)12-14-11(19-15-12)8-13-4-7-18-3/h10,13H,4-9H2,1-3H3. The molecule has 0 spiro atoms. The first-order valence-corrected chi connectivity index (χ1v) is 6.61. The molecule has 108 valence electrons. The van der Waals surface area contributed by atoms with Gasteiger partial charge in [-0.15, -0.1) is 0 Å². The summed E-state index contributed by atoms with van der Waals surface area (Å²) >= 11 is 0. The van der Waals surface area contributed by atoms with Gasteiger partial charge in [0.15, 0.2) is 5.82 Å². The third kappa shape index (κ3) is 3.97. The fourth-order valence-electron chi connectivity index (χ4n) is 2.13. The Morgan fingerprint density at radius 3 is 3.05 bits per heavy atom. The van der Waals surface area contributed by atoms with E-state index in [1.165, 1.54) is 0 Å². The highest BCUT2D eigenvalue weighted by Crippen LogP contribution is 2.20. The van der Waals surface area contributed by atoms with Gasteiger partial charge in [0.1, 0.15) is 0 Å². The summed E-state index contributed by atoms with van der Waals surface area (Å²) in [7, 11) is 5.90. The molecule has 1 atom stereocenters. The number of piperazine rings is 1. The molecule has 19 heavy (non-hydrogen) atoms. The van der Waals surface area contributed by atoms with Crippen molar-refractivity contribution in [2.75, 3.05) is 54.0 Å². The molecule has 2 rings (SSSR count). The van der Waals surface area contributed by atoms with Gasteiger partial charge in [0.25, 0.3) is 0 Å². The summed E-state index contributed by atoms with van der Waals surface area (Å²) < 4.78 is 10.2. The fourth-order valence-corrected chi connectivity index (χ4v) is 2.13. The molecular weight excluding hydrogens is 246 g/mol. The molecule has 1 aliphatic rings. The zero-order valence-electron chi connectivity index (χ0n) is 11.9. The van der Waals surface area contributed by atoms with Crippen LogP contribution in [-0.2, 0) is 11.3 Å². The molecule has 1 fully saturated rings. The van der Waals surface area contributed by atoms with Crippen LogP contribution in [0.15, 0.2) is 4.52 Å². The average Bonchev–Trinajstić information content (AvgIpc) is 2.86. The number of likely N-dealkylation sites (N-methyl/N-ethyl adjacent to an activating group) is 2. The summed E-state index contributed by atoms with van der Waals surface area (Å²) in [5, 5.41) is 7.29. The first-order chi connectivity index (χ1) is 9.20. The van der Waals surface area contributed by atoms with E-state index in [0.29, 0.717) is 19.0 Å². The van der Waals surface area contributed by atoms with E-state index in [2.05, 4.69) is 39.4 Å². The van der Waals surface area contributed by atoms with Crippen molar-refractivity contribution in [2.24, 2.45) is 0 Å². The summed E-state index contributed by atoms with van der Waals surface area (Å²) in [5.74, 6) is 1.41. The van der Waals surface area contributed by atoms with Gasteiger partial charge in [0.2, 0.25) is 5.89 Å². The van der Waals surface area contributed by atoms with Gasteiger partial charge in [-0.1, -0.05) is 5.16 Å². The fraction of sp³-hybridized carbons (Fsp3) is 0.833. The Labute approximate surface area is 113 Å². The number of methoxy groups -OCH3 is 1. The molecule has 0 radical (unpaired) electrons. The highest BCUT2D eigenvalue weighted by Gasteiger charge is 2.27. The van der Waals surface area contributed by atoms with Crippen LogP contribution in [0.25, 0.3) is 0 Å². The molecule has 7 heteroatoms. The van der Waals surface area contributed by atoms with E-state index in [-0.39, 0.29) is 6.04 Å². The summed E-state index contributed by atoms with van der Waals surface area (Å²) in [4.78, 5) is 9.03. The summed E-state index contributed by atoms with van der Waals surface area (Å²) in [6, 6.07) is 0.218. The van der Waals surface area contributed by atoms with Gasteiger partial charge < -0.3 is 19.5 Å². The van der Waals surface area contributed by atoms with Crippen LogP contribution in [0.5, 0.6) is 0 Å². The molecular formula is C12H23N5O2. The van der Waals surface area contributed by atoms with Gasteiger partial charge in [-0.2, -0.15) is 4.98 Å². The Hall–Kier alpha value is -1.02. The number of hydrogen-bond donors (Lipinski definition) is 1. The second kappa shape index (κ2) is 6.95. The maximum atomic E-state index is 5.27. The lowest BCUT2D eigenvalue weighted by molar-refractivity contribution is 0.108. The number of nitrogens with one attached hydrogen (secondary N) is 1. The van der Waals surface area contributed by atoms with Gasteiger partial charge in [-0.3, -0.25) is 4.90 Å². The quantitative estimate of drug-likeness (QED) is 0.713. The lowest BCUT2D eigenvalue weighted by Gasteiger charge is -2.35. The van der Waals surface area contributed by atoms with Crippen molar-refractivity contribution in [3.8, 4) is 0 Å². The maximum absolute atomic E-state index is 5.27. The van der Waals surface area contributed by atoms with Gasteiger partial charge in [0, 0.05) is 33.3 Å². The molecule has 0 saturated carbocycles. The molecule has 1 aromatic rings. The van der Waals surface area contributed by atoms with Crippen molar-refractivity contribution in [1.82, 2.24) is 25.3 Å². The van der Waals surface area contributed by atoms with Crippen molar-refractivity contribution >= 4 is 0 Å². The van der Waals surface area contributed by atoms with Gasteiger partial charge >= 0.3 is 0 Å². The zero-order chi connectivity index (χ0) is 13.7. The largest absolute Gasteiger partial charge is 0.383 e. The van der Waals surface area contributed by atoms with Crippen molar-refractivity contribution < 1.29 is 9.26 Å². The van der Waals surface area contributed by atoms with Crippen LogP contribution in [0, 0.1) is 0 Å². The van der Waals surface area contributed by atoms with Crippen LogP contribution in [0.4, 0.5) is 0 Å². The van der Waals surface area contributed by atoms with Gasteiger partial charge in [-0.25, -0.2) is 0 Å². The molecule has 1 aliphatic heterocycles. The minimum Gasteiger partial charge on any atom is -0.383 e. The second-order valence-electron chi connectivity index (χ2n) is 4.97. The van der Waals surface area contributed by atoms with E-state index in [0.717, 1.165) is 32.0 Å². The van der Waals surface area contributed by atoms with Gasteiger partial charge in [-0.05, 0) is 14.1 Å². The normalized spacial score (nSPS) is 21.9. The third-order valence-electron chi connectivity index (χ3n) is 3.39. The van der Waals surface area contributed by atoms with Crippen LogP contribution >= 0.6 is 0 Å². The highest BCUT2D eigenvalue weighted by molar-refractivity contribution is 4.97. The minimum absolute atomic E-state index is 0.218. The average molecular weight is 269 g/mol. The molecule has 7 nitrogen and oxygen atoms in total. The van der Waals surface area contributed by atoms with Crippen molar-refractivity contribution in [1.29, 1.82) is 0 Å². The minimum atomic E-state index is 0.218. The van der Waals surface area contributed by atoms with Gasteiger partial charge in [0.05, 0.1) is 19.2 Å². The predicted molar refractivity (Wildman–Crippen MR) is 70.7 cm³/mol. The summed E-state index contributed by atoms with van der Waals surface area (Å²) in [5.41, 5.74) is 0. The molecule has 1 N–H and O–H groups in total. The molecule has 0 aliphatic carbocycles. The number of rotatable bonds is 6. The van der Waals surface area contributed by atoms with Crippen LogP contribution < -0.4 is 5.32 Å². The van der Waals surface area contributed by atoms with E-state index >= 15 is 0 Å². The Morgan fingerprint density at radius 1 is 1.42 bits per heavy atom. The number of nitrogens with zero attached hydrogens (tertiary/aromatic N) is 4. The molecule has 2 heterocycles.